The molecule has 2 rings (SSSR count). The fourth-order valence-corrected chi connectivity index (χ4v) is 2.54. The van der Waals surface area contributed by atoms with Crippen molar-refractivity contribution in [2.45, 2.75) is 25.7 Å². The molecule has 0 aromatic heterocycles. The summed E-state index contributed by atoms with van der Waals surface area (Å²) in [6, 6.07) is 14.5. The Morgan fingerprint density at radius 1 is 1.00 bits per heavy atom. The second kappa shape index (κ2) is 10.1. The van der Waals surface area contributed by atoms with E-state index in [1.807, 2.05) is 18.2 Å². The van der Waals surface area contributed by atoms with Gasteiger partial charge in [-0.2, -0.15) is 0 Å². The Morgan fingerprint density at radius 3 is 2.48 bits per heavy atom. The number of halogens is 1. The molecule has 2 aromatic carbocycles. The Bertz CT molecular complexity index is 797. The van der Waals surface area contributed by atoms with Gasteiger partial charge in [0.2, 0.25) is 0 Å². The van der Waals surface area contributed by atoms with Crippen molar-refractivity contribution < 1.29 is 5.11 Å². The van der Waals surface area contributed by atoms with Crippen LogP contribution in [0.15, 0.2) is 48.0 Å². The van der Waals surface area contributed by atoms with Crippen LogP contribution in [-0.4, -0.2) is 11.7 Å². The van der Waals surface area contributed by atoms with Crippen LogP contribution in [0.4, 0.5) is 0 Å². The van der Waals surface area contributed by atoms with Crippen LogP contribution in [0.3, 0.4) is 0 Å². The van der Waals surface area contributed by atoms with E-state index in [-0.39, 0.29) is 6.61 Å². The second-order valence-electron chi connectivity index (χ2n) is 5.21. The Hall–Kier alpha value is -1.75. The highest BCUT2D eigenvalue weighted by Gasteiger charge is 1.96. The first kappa shape index (κ1) is 17.6. The maximum absolute atomic E-state index is 9.48. The molecule has 0 radical (unpaired) electrons. The van der Waals surface area contributed by atoms with Gasteiger partial charge in [-0.15, -0.1) is 0 Å². The van der Waals surface area contributed by atoms with E-state index in [0.29, 0.717) is 0 Å². The lowest BCUT2D eigenvalue weighted by Crippen LogP contribution is -1.87. The van der Waals surface area contributed by atoms with E-state index in [1.165, 1.54) is 10.8 Å². The molecule has 0 aliphatic carbocycles. The molecule has 1 N–H and O–H groups in total. The molecule has 0 unspecified atom stereocenters. The zero-order valence-electron chi connectivity index (χ0n) is 13.0. The second-order valence-corrected chi connectivity index (χ2v) is 5.75. The van der Waals surface area contributed by atoms with Gasteiger partial charge in [-0.3, -0.25) is 0 Å². The number of unbranched alkanes of at least 4 members (excludes halogenated alkanes) is 3. The summed E-state index contributed by atoms with van der Waals surface area (Å²) in [5, 5.41) is 11.9. The summed E-state index contributed by atoms with van der Waals surface area (Å²) in [4.78, 5) is 0. The van der Waals surface area contributed by atoms with E-state index >= 15 is 0 Å². The van der Waals surface area contributed by atoms with Gasteiger partial charge in [0, 0.05) is 41.0 Å². The Morgan fingerprint density at radius 2 is 1.74 bits per heavy atom. The van der Waals surface area contributed by atoms with E-state index in [0.717, 1.165) is 36.8 Å². The summed E-state index contributed by atoms with van der Waals surface area (Å²) in [5.41, 5.74) is 1.83. The molecule has 0 saturated heterocycles. The molecule has 2 aromatic rings. The van der Waals surface area contributed by atoms with E-state index in [2.05, 4.69) is 74.6 Å². The molecule has 0 aliphatic heterocycles. The van der Waals surface area contributed by atoms with Crippen LogP contribution in [0.25, 0.3) is 16.8 Å². The molecule has 0 atom stereocenters. The number of hydrogen-bond donors (Lipinski definition) is 1. The molecule has 0 fully saturated rings. The van der Waals surface area contributed by atoms with E-state index in [4.69, 9.17) is 0 Å². The molecule has 2 heteroatoms. The number of benzene rings is 2. The average Bonchev–Trinajstić information content (AvgIpc) is 2.59. The van der Waals surface area contributed by atoms with Gasteiger partial charge in [0.15, 0.2) is 0 Å². The molecule has 0 saturated carbocycles. The van der Waals surface area contributed by atoms with Crippen LogP contribution in [0.1, 0.15) is 31.2 Å². The summed E-state index contributed by atoms with van der Waals surface area (Å²) in [5.74, 6) is 9.27. The van der Waals surface area contributed by atoms with Crippen LogP contribution >= 0.6 is 22.6 Å². The molecule has 23 heavy (non-hydrogen) atoms. The van der Waals surface area contributed by atoms with Crippen molar-refractivity contribution in [2.24, 2.45) is 0 Å². The van der Waals surface area contributed by atoms with Gasteiger partial charge in [0.05, 0.1) is 6.61 Å². The molecule has 1 nitrogen and oxygen atoms in total. The quantitative estimate of drug-likeness (QED) is 0.407. The van der Waals surface area contributed by atoms with Crippen LogP contribution in [-0.2, 0) is 0 Å². The number of rotatable bonds is 5. The lowest BCUT2D eigenvalue weighted by atomic mass is 10.1. The minimum absolute atomic E-state index is 0.0276. The SMILES string of the molecule is OCC(C#CCCCCC#CI)=Cc1ccc2ccccc2c1. The largest absolute Gasteiger partial charge is 0.391 e. The molecule has 116 valence electrons. The van der Waals surface area contributed by atoms with Crippen LogP contribution < -0.4 is 0 Å². The lowest BCUT2D eigenvalue weighted by molar-refractivity contribution is 0.337. The molecule has 0 aliphatic rings. The van der Waals surface area contributed by atoms with Gasteiger partial charge in [0.1, 0.15) is 0 Å². The van der Waals surface area contributed by atoms with Crippen molar-refractivity contribution >= 4 is 39.4 Å². The Balaban J connectivity index is 2.00. The minimum atomic E-state index is -0.0276. The number of fused-ring (bicyclic) bond motifs is 1. The lowest BCUT2D eigenvalue weighted by Gasteiger charge is -2.00. The van der Waals surface area contributed by atoms with Crippen molar-refractivity contribution in [3.8, 4) is 21.7 Å². The van der Waals surface area contributed by atoms with Crippen molar-refractivity contribution in [1.82, 2.24) is 0 Å². The molecule has 0 bridgehead atoms. The summed E-state index contributed by atoms with van der Waals surface area (Å²) in [7, 11) is 0. The third-order valence-electron chi connectivity index (χ3n) is 3.45. The van der Waals surface area contributed by atoms with Crippen LogP contribution in [0, 0.1) is 21.7 Å². The van der Waals surface area contributed by atoms with Gasteiger partial charge < -0.3 is 5.11 Å². The third kappa shape index (κ3) is 6.10. The highest BCUT2D eigenvalue weighted by molar-refractivity contribution is 14.1. The van der Waals surface area contributed by atoms with Crippen molar-refractivity contribution in [3.05, 3.63) is 53.6 Å². The third-order valence-corrected chi connectivity index (χ3v) is 3.84. The predicted octanol–water partition coefficient (Wildman–Crippen LogP) is 5.18. The van der Waals surface area contributed by atoms with Crippen LogP contribution in [0.5, 0.6) is 0 Å². The van der Waals surface area contributed by atoms with Crippen molar-refractivity contribution in [2.75, 3.05) is 6.61 Å². The maximum atomic E-state index is 9.48. The van der Waals surface area contributed by atoms with E-state index < -0.39 is 0 Å². The average molecular weight is 414 g/mol. The normalized spacial score (nSPS) is 10.6. The van der Waals surface area contributed by atoms with Gasteiger partial charge in [0.25, 0.3) is 0 Å². The standard InChI is InChI=1S/C21H19IO/c22-14-8-4-2-1-3-5-9-19(17-23)15-18-12-13-20-10-6-7-11-21(20)16-18/h6-7,10-13,15-16,23H,1-4,17H2. The van der Waals surface area contributed by atoms with Gasteiger partial charge >= 0.3 is 0 Å². The molecule has 0 amide bonds. The van der Waals surface area contributed by atoms with Crippen LogP contribution in [0.2, 0.25) is 0 Å². The summed E-state index contributed by atoms with van der Waals surface area (Å²) < 4.78 is 2.87. The Labute approximate surface area is 151 Å². The number of aliphatic hydroxyl groups excluding tert-OH is 1. The van der Waals surface area contributed by atoms with Crippen molar-refractivity contribution in [3.63, 3.8) is 0 Å². The van der Waals surface area contributed by atoms with Crippen molar-refractivity contribution in [1.29, 1.82) is 0 Å². The Kier molecular flexibility index (Phi) is 7.73. The number of aliphatic hydroxyl groups is 1. The van der Waals surface area contributed by atoms with E-state index in [1.54, 1.807) is 0 Å². The summed E-state index contributed by atoms with van der Waals surface area (Å²) >= 11 is 2.06. The highest BCUT2D eigenvalue weighted by atomic mass is 127. The highest BCUT2D eigenvalue weighted by Crippen LogP contribution is 2.17. The first-order chi connectivity index (χ1) is 11.3. The van der Waals surface area contributed by atoms with Gasteiger partial charge in [-0.1, -0.05) is 54.2 Å². The first-order valence-corrected chi connectivity index (χ1v) is 8.79. The monoisotopic (exact) mass is 414 g/mol. The zero-order chi connectivity index (χ0) is 16.3. The maximum Gasteiger partial charge on any atom is 0.0760 e. The summed E-state index contributed by atoms with van der Waals surface area (Å²) in [6.07, 6.45) is 5.87. The zero-order valence-corrected chi connectivity index (χ0v) is 15.1. The number of hydrogen-bond acceptors (Lipinski definition) is 1. The predicted molar refractivity (Wildman–Crippen MR) is 107 cm³/mol. The molecule has 0 heterocycles. The molecular formula is C21H19IO. The smallest absolute Gasteiger partial charge is 0.0760 e. The fourth-order valence-electron chi connectivity index (χ4n) is 2.27. The van der Waals surface area contributed by atoms with Gasteiger partial charge in [-0.05, 0) is 45.2 Å². The molecular weight excluding hydrogens is 395 g/mol. The first-order valence-electron chi connectivity index (χ1n) is 7.71. The summed E-state index contributed by atoms with van der Waals surface area (Å²) in [6.45, 7) is -0.0276. The van der Waals surface area contributed by atoms with E-state index in [9.17, 15) is 5.11 Å². The topological polar surface area (TPSA) is 20.2 Å². The minimum Gasteiger partial charge on any atom is -0.391 e. The molecule has 0 spiro atoms. The fraction of sp³-hybridized carbons (Fsp3) is 0.238. The van der Waals surface area contributed by atoms with Gasteiger partial charge in [-0.25, -0.2) is 0 Å².